The van der Waals surface area contributed by atoms with Gasteiger partial charge in [0.2, 0.25) is 0 Å². The van der Waals surface area contributed by atoms with Crippen LogP contribution in [-0.2, 0) is 4.74 Å². The first-order valence-electron chi connectivity index (χ1n) is 4.93. The van der Waals surface area contributed by atoms with Crippen molar-refractivity contribution >= 4 is 0 Å². The minimum Gasteiger partial charge on any atom is -0.497 e. The van der Waals surface area contributed by atoms with Crippen molar-refractivity contribution in [2.45, 2.75) is 6.04 Å². The van der Waals surface area contributed by atoms with E-state index >= 15 is 0 Å². The van der Waals surface area contributed by atoms with Gasteiger partial charge in [-0.25, -0.2) is 0 Å². The van der Waals surface area contributed by atoms with Gasteiger partial charge in [-0.1, -0.05) is 0 Å². The Morgan fingerprint density at radius 1 is 1.25 bits per heavy atom. The summed E-state index contributed by atoms with van der Waals surface area (Å²) in [5.74, 6) is 6.99. The summed E-state index contributed by atoms with van der Waals surface area (Å²) in [4.78, 5) is 0. The van der Waals surface area contributed by atoms with Gasteiger partial charge in [-0.15, -0.1) is 0 Å². The molecule has 3 N–H and O–H groups in total. The van der Waals surface area contributed by atoms with Crippen LogP contribution in [0.25, 0.3) is 0 Å². The van der Waals surface area contributed by atoms with E-state index in [1.807, 2.05) is 18.2 Å². The molecule has 1 aromatic rings. The van der Waals surface area contributed by atoms with Crippen molar-refractivity contribution in [1.82, 2.24) is 5.43 Å². The highest BCUT2D eigenvalue weighted by atomic mass is 16.5. The summed E-state index contributed by atoms with van der Waals surface area (Å²) < 4.78 is 15.5. The topological polar surface area (TPSA) is 65.7 Å². The fraction of sp³-hybridized carbons (Fsp3) is 0.455. The molecule has 0 aromatic heterocycles. The van der Waals surface area contributed by atoms with Gasteiger partial charge in [0.1, 0.15) is 11.5 Å². The summed E-state index contributed by atoms with van der Waals surface area (Å²) in [6.45, 7) is 0.458. The lowest BCUT2D eigenvalue weighted by Gasteiger charge is -2.18. The van der Waals surface area contributed by atoms with E-state index in [0.29, 0.717) is 6.61 Å². The summed E-state index contributed by atoms with van der Waals surface area (Å²) in [7, 11) is 4.86. The number of benzene rings is 1. The second kappa shape index (κ2) is 6.32. The Labute approximate surface area is 95.5 Å². The third-order valence-electron chi connectivity index (χ3n) is 2.35. The third-order valence-corrected chi connectivity index (χ3v) is 2.35. The van der Waals surface area contributed by atoms with E-state index in [2.05, 4.69) is 5.43 Å². The molecular weight excluding hydrogens is 208 g/mol. The van der Waals surface area contributed by atoms with Crippen LogP contribution in [0.1, 0.15) is 11.6 Å². The van der Waals surface area contributed by atoms with Crippen molar-refractivity contribution in [2.75, 3.05) is 27.9 Å². The summed E-state index contributed by atoms with van der Waals surface area (Å²) in [5, 5.41) is 0. The monoisotopic (exact) mass is 226 g/mol. The number of nitrogens with one attached hydrogen (secondary N) is 1. The Bertz CT molecular complexity index is 331. The lowest BCUT2D eigenvalue weighted by Crippen LogP contribution is -2.31. The molecule has 0 bridgehead atoms. The number of methoxy groups -OCH3 is 3. The van der Waals surface area contributed by atoms with E-state index in [4.69, 9.17) is 20.1 Å². The molecular formula is C11H18N2O3. The van der Waals surface area contributed by atoms with E-state index < -0.39 is 0 Å². The van der Waals surface area contributed by atoms with E-state index in [1.165, 1.54) is 0 Å². The molecule has 1 rings (SSSR count). The van der Waals surface area contributed by atoms with E-state index in [0.717, 1.165) is 17.1 Å². The fourth-order valence-electron chi connectivity index (χ4n) is 1.51. The summed E-state index contributed by atoms with van der Waals surface area (Å²) in [6.07, 6.45) is 0. The Kier molecular flexibility index (Phi) is 5.04. The first-order valence-corrected chi connectivity index (χ1v) is 4.93. The van der Waals surface area contributed by atoms with Crippen LogP contribution in [0.4, 0.5) is 0 Å². The van der Waals surface area contributed by atoms with Gasteiger partial charge in [-0.3, -0.25) is 11.3 Å². The van der Waals surface area contributed by atoms with Gasteiger partial charge >= 0.3 is 0 Å². The maximum absolute atomic E-state index is 5.48. The lowest BCUT2D eigenvalue weighted by molar-refractivity contribution is 0.166. The SMILES string of the molecule is COCC(NN)c1cc(OC)ccc1OC. The van der Waals surface area contributed by atoms with Crippen molar-refractivity contribution in [2.24, 2.45) is 5.84 Å². The van der Waals surface area contributed by atoms with Crippen molar-refractivity contribution in [1.29, 1.82) is 0 Å². The third kappa shape index (κ3) is 2.85. The highest BCUT2D eigenvalue weighted by molar-refractivity contribution is 5.42. The van der Waals surface area contributed by atoms with Crippen LogP contribution in [0.5, 0.6) is 11.5 Å². The second-order valence-corrected chi connectivity index (χ2v) is 3.28. The normalized spacial score (nSPS) is 12.2. The number of ether oxygens (including phenoxy) is 3. The summed E-state index contributed by atoms with van der Waals surface area (Å²) >= 11 is 0. The van der Waals surface area contributed by atoms with E-state index in [-0.39, 0.29) is 6.04 Å². The number of hydrogen-bond donors (Lipinski definition) is 2. The van der Waals surface area contributed by atoms with Crippen LogP contribution in [-0.4, -0.2) is 27.9 Å². The lowest BCUT2D eigenvalue weighted by atomic mass is 10.1. The molecule has 90 valence electrons. The minimum absolute atomic E-state index is 0.130. The van der Waals surface area contributed by atoms with Crippen molar-refractivity contribution in [3.63, 3.8) is 0 Å². The maximum Gasteiger partial charge on any atom is 0.124 e. The largest absolute Gasteiger partial charge is 0.497 e. The van der Waals surface area contributed by atoms with Crippen LogP contribution in [0.2, 0.25) is 0 Å². The zero-order valence-corrected chi connectivity index (χ0v) is 9.82. The van der Waals surface area contributed by atoms with Crippen molar-refractivity contribution in [3.8, 4) is 11.5 Å². The van der Waals surface area contributed by atoms with Gasteiger partial charge in [0, 0.05) is 12.7 Å². The molecule has 0 aliphatic rings. The van der Waals surface area contributed by atoms with Crippen LogP contribution >= 0.6 is 0 Å². The second-order valence-electron chi connectivity index (χ2n) is 3.28. The van der Waals surface area contributed by atoms with Crippen LogP contribution < -0.4 is 20.7 Å². The molecule has 0 aliphatic heterocycles. The highest BCUT2D eigenvalue weighted by Gasteiger charge is 2.15. The van der Waals surface area contributed by atoms with Gasteiger partial charge in [0.15, 0.2) is 0 Å². The molecule has 16 heavy (non-hydrogen) atoms. The molecule has 0 saturated heterocycles. The predicted octanol–water partition coefficient (Wildman–Crippen LogP) is 0.855. The van der Waals surface area contributed by atoms with E-state index in [1.54, 1.807) is 21.3 Å². The van der Waals surface area contributed by atoms with Gasteiger partial charge in [0.25, 0.3) is 0 Å². The molecule has 0 amide bonds. The number of hydrogen-bond acceptors (Lipinski definition) is 5. The first kappa shape index (κ1) is 12.8. The van der Waals surface area contributed by atoms with E-state index in [9.17, 15) is 0 Å². The molecule has 1 atom stereocenters. The zero-order valence-electron chi connectivity index (χ0n) is 9.82. The number of hydrazine groups is 1. The minimum atomic E-state index is -0.130. The average molecular weight is 226 g/mol. The smallest absolute Gasteiger partial charge is 0.124 e. The zero-order chi connectivity index (χ0) is 12.0. The number of rotatable bonds is 6. The van der Waals surface area contributed by atoms with Crippen LogP contribution in [0.3, 0.4) is 0 Å². The van der Waals surface area contributed by atoms with Crippen LogP contribution in [0.15, 0.2) is 18.2 Å². The standard InChI is InChI=1S/C11H18N2O3/c1-14-7-10(13-12)9-6-8(15-2)4-5-11(9)16-3/h4-6,10,13H,7,12H2,1-3H3. The molecule has 0 aliphatic carbocycles. The van der Waals surface area contributed by atoms with Gasteiger partial charge in [-0.2, -0.15) is 0 Å². The Morgan fingerprint density at radius 3 is 2.50 bits per heavy atom. The molecule has 0 fully saturated rings. The molecule has 5 heteroatoms. The molecule has 1 aromatic carbocycles. The highest BCUT2D eigenvalue weighted by Crippen LogP contribution is 2.29. The molecule has 1 unspecified atom stereocenters. The molecule has 0 spiro atoms. The average Bonchev–Trinajstić information content (AvgIpc) is 2.35. The predicted molar refractivity (Wildman–Crippen MR) is 61.5 cm³/mol. The summed E-state index contributed by atoms with van der Waals surface area (Å²) in [6, 6.07) is 5.43. The molecule has 0 saturated carbocycles. The maximum atomic E-state index is 5.48. The Morgan fingerprint density at radius 2 is 2.00 bits per heavy atom. The Balaban J connectivity index is 3.05. The van der Waals surface area contributed by atoms with Gasteiger partial charge < -0.3 is 14.2 Å². The van der Waals surface area contributed by atoms with Crippen LogP contribution in [0, 0.1) is 0 Å². The summed E-state index contributed by atoms with van der Waals surface area (Å²) in [5.41, 5.74) is 3.59. The quantitative estimate of drug-likeness (QED) is 0.556. The molecule has 0 heterocycles. The molecule has 5 nitrogen and oxygen atoms in total. The first-order chi connectivity index (χ1) is 7.76. The van der Waals surface area contributed by atoms with Gasteiger partial charge in [-0.05, 0) is 18.2 Å². The van der Waals surface area contributed by atoms with Crippen molar-refractivity contribution < 1.29 is 14.2 Å². The fourth-order valence-corrected chi connectivity index (χ4v) is 1.51. The van der Waals surface area contributed by atoms with Gasteiger partial charge in [0.05, 0.1) is 26.9 Å². The number of nitrogens with two attached hydrogens (primary N) is 1. The molecule has 0 radical (unpaired) electrons. The Hall–Kier alpha value is -1.30. The van der Waals surface area contributed by atoms with Crippen molar-refractivity contribution in [3.05, 3.63) is 23.8 Å².